The summed E-state index contributed by atoms with van der Waals surface area (Å²) in [6, 6.07) is 0.00225. The molecule has 3 rings (SSSR count). The van der Waals surface area contributed by atoms with Crippen molar-refractivity contribution in [3.63, 3.8) is 0 Å². The van der Waals surface area contributed by atoms with Crippen LogP contribution in [0, 0.1) is 5.82 Å². The van der Waals surface area contributed by atoms with Crippen molar-refractivity contribution in [2.75, 3.05) is 11.3 Å². The van der Waals surface area contributed by atoms with Crippen LogP contribution in [0.25, 0.3) is 11.0 Å². The summed E-state index contributed by atoms with van der Waals surface area (Å²) >= 11 is 0. The molecule has 0 aromatic carbocycles. The Bertz CT molecular complexity index is 768. The molecule has 1 aliphatic carbocycles. The van der Waals surface area contributed by atoms with Gasteiger partial charge in [-0.1, -0.05) is 0 Å². The Hall–Kier alpha value is -1.74. The molecule has 0 spiro atoms. The van der Waals surface area contributed by atoms with Gasteiger partial charge in [-0.3, -0.25) is 5.01 Å². The Balaban J connectivity index is 2.16. The van der Waals surface area contributed by atoms with E-state index in [4.69, 9.17) is 0 Å². The Morgan fingerprint density at radius 3 is 2.75 bits per heavy atom. The average Bonchev–Trinajstić information content (AvgIpc) is 3.14. The first-order chi connectivity index (χ1) is 9.37. The number of fused-ring (bicyclic) bond motifs is 1. The molecular weight excluding hydrogens is 285 g/mol. The maximum Gasteiger partial charge on any atom is 0.225 e. The number of nitrogens with one attached hydrogen (secondary N) is 1. The first-order valence-corrected chi connectivity index (χ1v) is 7.98. The fraction of sp³-hybridized carbons (Fsp3) is 0.455. The Labute approximate surface area is 115 Å². The highest BCUT2D eigenvalue weighted by Gasteiger charge is 2.34. The van der Waals surface area contributed by atoms with E-state index in [9.17, 15) is 12.8 Å². The molecule has 0 atom stereocenters. The van der Waals surface area contributed by atoms with E-state index in [0.29, 0.717) is 5.65 Å². The number of anilines is 1. The van der Waals surface area contributed by atoms with Gasteiger partial charge in [-0.15, -0.1) is 4.83 Å². The van der Waals surface area contributed by atoms with Crippen molar-refractivity contribution in [1.82, 2.24) is 19.4 Å². The predicted molar refractivity (Wildman–Crippen MR) is 71.9 cm³/mol. The molecule has 7 nitrogen and oxygen atoms in total. The number of hydrazine groups is 1. The minimum absolute atomic E-state index is 0.00225. The average molecular weight is 299 g/mol. The van der Waals surface area contributed by atoms with Crippen molar-refractivity contribution in [2.45, 2.75) is 18.9 Å². The number of nitrogens with zero attached hydrogens (tertiary/aromatic N) is 4. The maximum absolute atomic E-state index is 14.0. The quantitative estimate of drug-likeness (QED) is 0.834. The van der Waals surface area contributed by atoms with Gasteiger partial charge in [-0.2, -0.15) is 0 Å². The number of halogens is 1. The predicted octanol–water partition coefficient (Wildman–Crippen LogP) is 0.540. The topological polar surface area (TPSA) is 80.1 Å². The first kappa shape index (κ1) is 13.3. The summed E-state index contributed by atoms with van der Waals surface area (Å²) in [5, 5.41) is 1.64. The summed E-state index contributed by atoms with van der Waals surface area (Å²) in [7, 11) is -1.79. The highest BCUT2D eigenvalue weighted by molar-refractivity contribution is 7.88. The minimum atomic E-state index is -3.46. The first-order valence-electron chi connectivity index (χ1n) is 6.09. The zero-order chi connectivity index (χ0) is 14.5. The molecule has 108 valence electrons. The fourth-order valence-corrected chi connectivity index (χ4v) is 2.72. The molecule has 1 saturated carbocycles. The SMILES string of the molecule is Cn1cc(F)c2c(N(NS(C)(=O)=O)C3CC3)ncnc21. The molecule has 2 aromatic heterocycles. The molecule has 0 radical (unpaired) electrons. The van der Waals surface area contributed by atoms with Gasteiger partial charge in [-0.25, -0.2) is 22.8 Å². The molecule has 20 heavy (non-hydrogen) atoms. The van der Waals surface area contributed by atoms with E-state index in [2.05, 4.69) is 14.8 Å². The number of rotatable bonds is 4. The molecular formula is C11H14FN5O2S. The molecule has 0 aliphatic heterocycles. The molecule has 0 bridgehead atoms. The third-order valence-corrected chi connectivity index (χ3v) is 3.62. The normalized spacial score (nSPS) is 15.8. The van der Waals surface area contributed by atoms with Crippen LogP contribution in [0.3, 0.4) is 0 Å². The van der Waals surface area contributed by atoms with Crippen LogP contribution in [0.1, 0.15) is 12.8 Å². The van der Waals surface area contributed by atoms with Crippen LogP contribution >= 0.6 is 0 Å². The second-order valence-corrected chi connectivity index (χ2v) is 6.68. The van der Waals surface area contributed by atoms with E-state index < -0.39 is 15.8 Å². The second kappa shape index (κ2) is 4.38. The van der Waals surface area contributed by atoms with E-state index in [-0.39, 0.29) is 17.2 Å². The lowest BCUT2D eigenvalue weighted by Crippen LogP contribution is -2.44. The molecule has 1 aliphatic rings. The van der Waals surface area contributed by atoms with E-state index in [1.165, 1.54) is 17.5 Å². The van der Waals surface area contributed by atoms with Crippen LogP contribution in [0.2, 0.25) is 0 Å². The lowest BCUT2D eigenvalue weighted by Gasteiger charge is -2.23. The molecule has 2 heterocycles. The lowest BCUT2D eigenvalue weighted by atomic mass is 10.3. The van der Waals surface area contributed by atoms with Gasteiger partial charge < -0.3 is 4.57 Å². The summed E-state index contributed by atoms with van der Waals surface area (Å²) in [4.78, 5) is 10.5. The summed E-state index contributed by atoms with van der Waals surface area (Å²) in [5.74, 6) is -0.222. The van der Waals surface area contributed by atoms with E-state index in [1.54, 1.807) is 11.6 Å². The monoisotopic (exact) mass is 299 g/mol. The van der Waals surface area contributed by atoms with Gasteiger partial charge in [0, 0.05) is 19.3 Å². The van der Waals surface area contributed by atoms with Crippen LogP contribution in [-0.4, -0.2) is 35.3 Å². The van der Waals surface area contributed by atoms with Crippen molar-refractivity contribution in [3.05, 3.63) is 18.3 Å². The zero-order valence-corrected chi connectivity index (χ0v) is 11.9. The van der Waals surface area contributed by atoms with Crippen molar-refractivity contribution in [3.8, 4) is 0 Å². The maximum atomic E-state index is 14.0. The van der Waals surface area contributed by atoms with Crippen LogP contribution in [-0.2, 0) is 17.1 Å². The second-order valence-electron chi connectivity index (χ2n) is 4.95. The highest BCUT2D eigenvalue weighted by Crippen LogP contribution is 2.34. The molecule has 1 fully saturated rings. The fourth-order valence-electron chi connectivity index (χ4n) is 2.13. The van der Waals surface area contributed by atoms with Crippen LogP contribution in [0.4, 0.5) is 10.2 Å². The van der Waals surface area contributed by atoms with E-state index >= 15 is 0 Å². The van der Waals surface area contributed by atoms with Gasteiger partial charge in [-0.05, 0) is 12.8 Å². The largest absolute Gasteiger partial charge is 0.332 e. The van der Waals surface area contributed by atoms with Crippen molar-refractivity contribution >= 4 is 26.9 Å². The smallest absolute Gasteiger partial charge is 0.225 e. The van der Waals surface area contributed by atoms with Gasteiger partial charge in [0.1, 0.15) is 12.0 Å². The number of aryl methyl sites for hydroxylation is 1. The Kier molecular flexibility index (Phi) is 2.91. The number of hydrogen-bond acceptors (Lipinski definition) is 5. The van der Waals surface area contributed by atoms with Crippen LogP contribution in [0.15, 0.2) is 12.5 Å². The molecule has 0 amide bonds. The number of hydrogen-bond donors (Lipinski definition) is 1. The van der Waals surface area contributed by atoms with Crippen LogP contribution in [0.5, 0.6) is 0 Å². The van der Waals surface area contributed by atoms with Gasteiger partial charge in [0.05, 0.1) is 11.6 Å². The standard InChI is InChI=1S/C11H14FN5O2S/c1-16-5-8(12)9-10(16)13-6-14-11(9)17(7-3-4-7)15-20(2,18)19/h5-7,15H,3-4H2,1-2H3. The summed E-state index contributed by atoms with van der Waals surface area (Å²) in [5.41, 5.74) is 0.424. The lowest BCUT2D eigenvalue weighted by molar-refractivity contribution is 0.579. The van der Waals surface area contributed by atoms with E-state index in [0.717, 1.165) is 19.1 Å². The zero-order valence-electron chi connectivity index (χ0n) is 11.0. The number of sulfonamides is 1. The van der Waals surface area contributed by atoms with Gasteiger partial charge in [0.15, 0.2) is 11.6 Å². The number of aromatic nitrogens is 3. The minimum Gasteiger partial charge on any atom is -0.332 e. The van der Waals surface area contributed by atoms with Gasteiger partial charge in [0.2, 0.25) is 10.0 Å². The third kappa shape index (κ3) is 2.34. The third-order valence-electron chi connectivity index (χ3n) is 3.09. The molecule has 9 heteroatoms. The van der Waals surface area contributed by atoms with Gasteiger partial charge >= 0.3 is 0 Å². The summed E-state index contributed by atoms with van der Waals surface area (Å²) in [6.45, 7) is 0. The molecule has 0 saturated heterocycles. The summed E-state index contributed by atoms with van der Waals surface area (Å²) in [6.07, 6.45) is 5.33. The molecule has 0 unspecified atom stereocenters. The van der Waals surface area contributed by atoms with Crippen molar-refractivity contribution < 1.29 is 12.8 Å². The highest BCUT2D eigenvalue weighted by atomic mass is 32.2. The summed E-state index contributed by atoms with van der Waals surface area (Å²) < 4.78 is 38.5. The van der Waals surface area contributed by atoms with Gasteiger partial charge in [0.25, 0.3) is 0 Å². The van der Waals surface area contributed by atoms with Crippen molar-refractivity contribution in [2.24, 2.45) is 7.05 Å². The Morgan fingerprint density at radius 1 is 1.45 bits per heavy atom. The van der Waals surface area contributed by atoms with E-state index in [1.807, 2.05) is 0 Å². The molecule has 2 aromatic rings. The Morgan fingerprint density at radius 2 is 2.15 bits per heavy atom. The molecule has 1 N–H and O–H groups in total. The van der Waals surface area contributed by atoms with Crippen molar-refractivity contribution in [1.29, 1.82) is 0 Å². The van der Waals surface area contributed by atoms with Crippen LogP contribution < -0.4 is 9.84 Å².